The fourth-order valence-electron chi connectivity index (χ4n) is 1.52. The van der Waals surface area contributed by atoms with Gasteiger partial charge in [-0.3, -0.25) is 0 Å². The van der Waals surface area contributed by atoms with Crippen LogP contribution >= 0.6 is 11.6 Å². The van der Waals surface area contributed by atoms with Crippen LogP contribution in [0.3, 0.4) is 0 Å². The molecule has 0 unspecified atom stereocenters. The Bertz CT molecular complexity index is 406. The summed E-state index contributed by atoms with van der Waals surface area (Å²) in [5, 5.41) is 12.5. The zero-order valence-corrected chi connectivity index (χ0v) is 9.88. The summed E-state index contributed by atoms with van der Waals surface area (Å²) in [6, 6.07) is 0. The van der Waals surface area contributed by atoms with Gasteiger partial charge in [0.15, 0.2) is 5.82 Å². The van der Waals surface area contributed by atoms with Crippen LogP contribution in [-0.2, 0) is 0 Å². The molecule has 4 N–H and O–H groups in total. The van der Waals surface area contributed by atoms with E-state index < -0.39 is 0 Å². The molecule has 88 valence electrons. The Morgan fingerprint density at radius 2 is 2.19 bits per heavy atom. The highest BCUT2D eigenvalue weighted by molar-refractivity contribution is 6.28. The molecule has 16 heavy (non-hydrogen) atoms. The van der Waals surface area contributed by atoms with E-state index in [9.17, 15) is 5.11 Å². The largest absolute Gasteiger partial charge is 0.396 e. The summed E-state index contributed by atoms with van der Waals surface area (Å²) in [6.07, 6.45) is 2.07. The number of nitrogens with zero attached hydrogens (tertiary/aromatic N) is 2. The normalized spacial score (nSPS) is 17.2. The number of aliphatic hydroxyl groups excluding tert-OH is 1. The molecule has 1 saturated carbocycles. The fraction of sp³-hybridized carbons (Fsp3) is 0.600. The maximum absolute atomic E-state index is 9.18. The van der Waals surface area contributed by atoms with Crippen molar-refractivity contribution in [3.8, 4) is 0 Å². The number of aromatic nitrogens is 2. The minimum absolute atomic E-state index is 0.0117. The second kappa shape index (κ2) is 4.07. The monoisotopic (exact) mass is 242 g/mol. The Labute approximate surface area is 99.0 Å². The van der Waals surface area contributed by atoms with Crippen LogP contribution < -0.4 is 11.1 Å². The van der Waals surface area contributed by atoms with Crippen molar-refractivity contribution in [2.75, 3.05) is 24.2 Å². The molecule has 0 radical (unpaired) electrons. The molecule has 1 heterocycles. The first kappa shape index (κ1) is 11.4. The summed E-state index contributed by atoms with van der Waals surface area (Å²) in [5.41, 5.74) is 7.02. The van der Waals surface area contributed by atoms with Crippen LogP contribution in [0.5, 0.6) is 0 Å². The minimum atomic E-state index is 0.0117. The quantitative estimate of drug-likeness (QED) is 0.691. The standard InChI is InChI=1S/C10H15ClN4O/c1-6-7(12)8(15-9(11)14-6)13-4-10(5-16)2-3-10/h16H,2-5,12H2,1H3,(H,13,14,15). The third kappa shape index (κ3) is 2.20. The summed E-state index contributed by atoms with van der Waals surface area (Å²) < 4.78 is 0. The number of hydrogen-bond acceptors (Lipinski definition) is 5. The van der Waals surface area contributed by atoms with E-state index in [1.165, 1.54) is 0 Å². The first-order valence-electron chi connectivity index (χ1n) is 5.21. The zero-order chi connectivity index (χ0) is 11.8. The average Bonchev–Trinajstić information content (AvgIpc) is 3.02. The van der Waals surface area contributed by atoms with E-state index in [2.05, 4.69) is 15.3 Å². The van der Waals surface area contributed by atoms with Crippen LogP contribution in [0.4, 0.5) is 11.5 Å². The molecule has 0 bridgehead atoms. The average molecular weight is 243 g/mol. The summed E-state index contributed by atoms with van der Waals surface area (Å²) in [5.74, 6) is 0.553. The maximum Gasteiger partial charge on any atom is 0.224 e. The van der Waals surface area contributed by atoms with Gasteiger partial charge in [0.05, 0.1) is 18.0 Å². The van der Waals surface area contributed by atoms with Crippen LogP contribution in [0.1, 0.15) is 18.5 Å². The number of nitrogens with one attached hydrogen (secondary N) is 1. The summed E-state index contributed by atoms with van der Waals surface area (Å²) in [4.78, 5) is 7.99. The van der Waals surface area contributed by atoms with Gasteiger partial charge < -0.3 is 16.2 Å². The zero-order valence-electron chi connectivity index (χ0n) is 9.13. The molecule has 0 atom stereocenters. The van der Waals surface area contributed by atoms with E-state index >= 15 is 0 Å². The molecule has 2 rings (SSSR count). The molecule has 6 heteroatoms. The van der Waals surface area contributed by atoms with Gasteiger partial charge in [-0.15, -0.1) is 0 Å². The number of hydrogen-bond donors (Lipinski definition) is 3. The highest BCUT2D eigenvalue weighted by atomic mass is 35.5. The molecular formula is C10H15ClN4O. The number of nitrogens with two attached hydrogens (primary N) is 1. The lowest BCUT2D eigenvalue weighted by Crippen LogP contribution is -2.20. The Balaban J connectivity index is 2.09. The Morgan fingerprint density at radius 3 is 2.75 bits per heavy atom. The van der Waals surface area contributed by atoms with Crippen molar-refractivity contribution < 1.29 is 5.11 Å². The molecule has 0 amide bonds. The molecule has 0 aliphatic heterocycles. The predicted molar refractivity (Wildman–Crippen MR) is 63.4 cm³/mol. The number of aryl methyl sites for hydroxylation is 1. The number of aliphatic hydroxyl groups is 1. The van der Waals surface area contributed by atoms with Gasteiger partial charge in [0.25, 0.3) is 0 Å². The first-order chi connectivity index (χ1) is 7.56. The second-order valence-electron chi connectivity index (χ2n) is 4.35. The van der Waals surface area contributed by atoms with E-state index in [1.807, 2.05) is 0 Å². The van der Waals surface area contributed by atoms with Crippen molar-refractivity contribution in [3.05, 3.63) is 11.0 Å². The van der Waals surface area contributed by atoms with Crippen LogP contribution in [0.15, 0.2) is 0 Å². The summed E-state index contributed by atoms with van der Waals surface area (Å²) in [7, 11) is 0. The van der Waals surface area contributed by atoms with Crippen molar-refractivity contribution in [2.45, 2.75) is 19.8 Å². The molecule has 0 saturated heterocycles. The molecule has 0 aromatic carbocycles. The lowest BCUT2D eigenvalue weighted by Gasteiger charge is -2.15. The fourth-order valence-corrected chi connectivity index (χ4v) is 1.73. The van der Waals surface area contributed by atoms with Crippen molar-refractivity contribution in [2.24, 2.45) is 5.41 Å². The molecule has 1 aromatic rings. The molecule has 1 fully saturated rings. The van der Waals surface area contributed by atoms with Gasteiger partial charge in [-0.2, -0.15) is 4.98 Å². The molecule has 1 aliphatic carbocycles. The van der Waals surface area contributed by atoms with E-state index in [0.717, 1.165) is 12.8 Å². The lowest BCUT2D eigenvalue weighted by atomic mass is 10.1. The van der Waals surface area contributed by atoms with Gasteiger partial charge in [0.2, 0.25) is 5.28 Å². The number of halogens is 1. The maximum atomic E-state index is 9.18. The van der Waals surface area contributed by atoms with Crippen molar-refractivity contribution in [1.82, 2.24) is 9.97 Å². The van der Waals surface area contributed by atoms with Gasteiger partial charge in [0.1, 0.15) is 0 Å². The van der Waals surface area contributed by atoms with Gasteiger partial charge >= 0.3 is 0 Å². The third-order valence-electron chi connectivity index (χ3n) is 3.03. The van der Waals surface area contributed by atoms with Crippen LogP contribution in [0, 0.1) is 12.3 Å². The molecule has 1 aromatic heterocycles. The van der Waals surface area contributed by atoms with Crippen molar-refractivity contribution >= 4 is 23.1 Å². The third-order valence-corrected chi connectivity index (χ3v) is 3.20. The Kier molecular flexibility index (Phi) is 2.90. The number of anilines is 2. The first-order valence-corrected chi connectivity index (χ1v) is 5.58. The highest BCUT2D eigenvalue weighted by Crippen LogP contribution is 2.45. The number of rotatable bonds is 4. The Morgan fingerprint density at radius 1 is 1.50 bits per heavy atom. The molecule has 1 aliphatic rings. The predicted octanol–water partition coefficient (Wildman–Crippen LogP) is 1.21. The van der Waals surface area contributed by atoms with Crippen molar-refractivity contribution in [1.29, 1.82) is 0 Å². The van der Waals surface area contributed by atoms with Gasteiger partial charge in [-0.05, 0) is 31.4 Å². The van der Waals surface area contributed by atoms with E-state index in [1.54, 1.807) is 6.92 Å². The van der Waals surface area contributed by atoms with E-state index in [4.69, 9.17) is 17.3 Å². The molecule has 5 nitrogen and oxygen atoms in total. The SMILES string of the molecule is Cc1nc(Cl)nc(NCC2(CO)CC2)c1N. The molecular weight excluding hydrogens is 228 g/mol. The topological polar surface area (TPSA) is 84.1 Å². The van der Waals surface area contributed by atoms with Gasteiger partial charge in [-0.25, -0.2) is 4.98 Å². The second-order valence-corrected chi connectivity index (χ2v) is 4.69. The molecule has 0 spiro atoms. The highest BCUT2D eigenvalue weighted by Gasteiger charge is 2.41. The van der Waals surface area contributed by atoms with Gasteiger partial charge in [0, 0.05) is 12.0 Å². The van der Waals surface area contributed by atoms with E-state index in [0.29, 0.717) is 23.7 Å². The smallest absolute Gasteiger partial charge is 0.224 e. The summed E-state index contributed by atoms with van der Waals surface area (Å²) in [6.45, 7) is 2.64. The van der Waals surface area contributed by atoms with E-state index in [-0.39, 0.29) is 17.3 Å². The van der Waals surface area contributed by atoms with Crippen LogP contribution in [0.25, 0.3) is 0 Å². The minimum Gasteiger partial charge on any atom is -0.396 e. The van der Waals surface area contributed by atoms with Crippen molar-refractivity contribution in [3.63, 3.8) is 0 Å². The van der Waals surface area contributed by atoms with Gasteiger partial charge in [-0.1, -0.05) is 0 Å². The lowest BCUT2D eigenvalue weighted by molar-refractivity contribution is 0.219. The van der Waals surface area contributed by atoms with Crippen LogP contribution in [-0.4, -0.2) is 28.2 Å². The van der Waals surface area contributed by atoms with Crippen LogP contribution in [0.2, 0.25) is 5.28 Å². The number of nitrogen functional groups attached to an aromatic ring is 1. The Hall–Kier alpha value is -1.07. The summed E-state index contributed by atoms with van der Waals surface area (Å²) >= 11 is 5.75.